The van der Waals surface area contributed by atoms with Crippen LogP contribution in [0.5, 0.6) is 0 Å². The number of hydrogen-bond acceptors (Lipinski definition) is 4. The molecule has 1 aromatic rings. The van der Waals surface area contributed by atoms with Crippen molar-refractivity contribution in [3.63, 3.8) is 0 Å². The van der Waals surface area contributed by atoms with Crippen molar-refractivity contribution in [1.82, 2.24) is 4.31 Å². The molecule has 0 aromatic carbocycles. The largest absolute Gasteiger partial charge is 0.253 e. The molecule has 0 saturated carbocycles. The van der Waals surface area contributed by atoms with Gasteiger partial charge >= 0.3 is 0 Å². The second-order valence-corrected chi connectivity index (χ2v) is 7.72. The molecule has 17 heavy (non-hydrogen) atoms. The van der Waals surface area contributed by atoms with E-state index in [0.29, 0.717) is 4.21 Å². The Labute approximate surface area is 107 Å². The molecule has 0 aliphatic heterocycles. The first kappa shape index (κ1) is 14.2. The van der Waals surface area contributed by atoms with Crippen molar-refractivity contribution in [3.8, 4) is 6.07 Å². The molecular weight excluding hydrogens is 256 g/mol. The molecule has 1 aromatic heterocycles. The van der Waals surface area contributed by atoms with Crippen molar-refractivity contribution >= 4 is 21.4 Å². The van der Waals surface area contributed by atoms with E-state index in [4.69, 9.17) is 5.26 Å². The van der Waals surface area contributed by atoms with Crippen LogP contribution in [0.15, 0.2) is 16.3 Å². The minimum atomic E-state index is -3.55. The van der Waals surface area contributed by atoms with Crippen LogP contribution in [0.25, 0.3) is 0 Å². The van der Waals surface area contributed by atoms with Gasteiger partial charge < -0.3 is 0 Å². The molecule has 1 rings (SSSR count). The van der Waals surface area contributed by atoms with Gasteiger partial charge in [-0.05, 0) is 25.0 Å². The third kappa shape index (κ3) is 2.86. The Balaban J connectivity index is 3.11. The van der Waals surface area contributed by atoms with Crippen molar-refractivity contribution in [3.05, 3.63) is 17.0 Å². The summed E-state index contributed by atoms with van der Waals surface area (Å²) in [6.45, 7) is 5.52. The lowest BCUT2D eigenvalue weighted by molar-refractivity contribution is 0.353. The highest BCUT2D eigenvalue weighted by Crippen LogP contribution is 2.26. The number of nitriles is 1. The van der Waals surface area contributed by atoms with Crippen LogP contribution in [0.3, 0.4) is 0 Å². The van der Waals surface area contributed by atoms with Gasteiger partial charge in [0.05, 0.1) is 6.07 Å². The third-order valence-corrected chi connectivity index (χ3v) is 5.81. The van der Waals surface area contributed by atoms with Gasteiger partial charge in [0.1, 0.15) is 10.3 Å². The van der Waals surface area contributed by atoms with E-state index in [1.54, 1.807) is 12.1 Å². The Morgan fingerprint density at radius 3 is 2.35 bits per heavy atom. The van der Waals surface area contributed by atoms with Crippen molar-refractivity contribution in [2.45, 2.75) is 31.0 Å². The number of nitrogens with zero attached hydrogens (tertiary/aromatic N) is 2. The van der Waals surface area contributed by atoms with Gasteiger partial charge in [-0.25, -0.2) is 8.42 Å². The lowest BCUT2D eigenvalue weighted by Crippen LogP contribution is -2.39. The van der Waals surface area contributed by atoms with Crippen LogP contribution >= 0.6 is 11.3 Å². The Bertz CT molecular complexity index is 526. The van der Waals surface area contributed by atoms with Gasteiger partial charge in [0.25, 0.3) is 10.0 Å². The quantitative estimate of drug-likeness (QED) is 0.844. The highest BCUT2D eigenvalue weighted by molar-refractivity contribution is 7.91. The molecule has 0 saturated heterocycles. The summed E-state index contributed by atoms with van der Waals surface area (Å²) in [7, 11) is -2.09. The van der Waals surface area contributed by atoms with E-state index in [2.05, 4.69) is 0 Å². The summed E-state index contributed by atoms with van der Waals surface area (Å²) >= 11 is 1.22. The maximum absolute atomic E-state index is 12.2. The van der Waals surface area contributed by atoms with Gasteiger partial charge in [0, 0.05) is 11.9 Å². The van der Waals surface area contributed by atoms with Crippen LogP contribution in [-0.2, 0) is 10.0 Å². The molecule has 0 N–H and O–H groups in total. The molecule has 1 heterocycles. The molecule has 0 radical (unpaired) electrons. The normalized spacial score (nSPS) is 13.9. The molecule has 0 aliphatic rings. The summed E-state index contributed by atoms with van der Waals surface area (Å²) in [5, 5.41) is 9.03. The van der Waals surface area contributed by atoms with Crippen molar-refractivity contribution in [2.24, 2.45) is 5.92 Å². The Hall–Kier alpha value is -0.900. The van der Waals surface area contributed by atoms with Crippen LogP contribution in [-0.4, -0.2) is 25.8 Å². The standard InChI is InChI=1S/C11H16N2O2S2/c1-8(2)10(7-12)13(4)17(14,15)11-6-5-9(3)16-11/h5-6,8,10H,1-4H3. The number of sulfonamides is 1. The monoisotopic (exact) mass is 272 g/mol. The predicted octanol–water partition coefficient (Wildman–Crippen LogP) is 2.23. The zero-order valence-corrected chi connectivity index (χ0v) is 12.0. The van der Waals surface area contributed by atoms with E-state index < -0.39 is 16.1 Å². The Morgan fingerprint density at radius 2 is 2.00 bits per heavy atom. The SMILES string of the molecule is Cc1ccc(S(=O)(=O)N(C)C(C#N)C(C)C)s1. The first-order valence-electron chi connectivity index (χ1n) is 5.24. The molecule has 1 atom stereocenters. The van der Waals surface area contributed by atoms with Crippen molar-refractivity contribution < 1.29 is 8.42 Å². The lowest BCUT2D eigenvalue weighted by Gasteiger charge is -2.24. The second kappa shape index (κ2) is 5.17. The number of thiophene rings is 1. The molecule has 0 bridgehead atoms. The molecule has 0 amide bonds. The van der Waals surface area contributed by atoms with Crippen LogP contribution in [0.4, 0.5) is 0 Å². The first-order valence-corrected chi connectivity index (χ1v) is 7.50. The highest BCUT2D eigenvalue weighted by Gasteiger charge is 2.30. The summed E-state index contributed by atoms with van der Waals surface area (Å²) in [4.78, 5) is 0.940. The van der Waals surface area contributed by atoms with E-state index in [0.717, 1.165) is 9.18 Å². The van der Waals surface area contributed by atoms with Gasteiger partial charge in [-0.3, -0.25) is 0 Å². The van der Waals surface area contributed by atoms with Gasteiger partial charge in [-0.2, -0.15) is 9.57 Å². The van der Waals surface area contributed by atoms with E-state index in [1.165, 1.54) is 18.4 Å². The summed E-state index contributed by atoms with van der Waals surface area (Å²) in [5.74, 6) is -0.0409. The van der Waals surface area contributed by atoms with Gasteiger partial charge in [-0.1, -0.05) is 13.8 Å². The molecule has 1 unspecified atom stereocenters. The van der Waals surface area contributed by atoms with Crippen LogP contribution in [0, 0.1) is 24.2 Å². The fraction of sp³-hybridized carbons (Fsp3) is 0.545. The molecule has 0 fully saturated rings. The van der Waals surface area contributed by atoms with E-state index in [-0.39, 0.29) is 5.92 Å². The summed E-state index contributed by atoms with van der Waals surface area (Å²) < 4.78 is 25.9. The highest BCUT2D eigenvalue weighted by atomic mass is 32.2. The minimum Gasteiger partial charge on any atom is -0.206 e. The topological polar surface area (TPSA) is 61.2 Å². The van der Waals surface area contributed by atoms with Crippen molar-refractivity contribution in [2.75, 3.05) is 7.05 Å². The molecule has 94 valence electrons. The zero-order chi connectivity index (χ0) is 13.2. The summed E-state index contributed by atoms with van der Waals surface area (Å²) in [5.41, 5.74) is 0. The predicted molar refractivity (Wildman–Crippen MR) is 68.2 cm³/mol. The molecule has 0 aliphatic carbocycles. The first-order chi connectivity index (χ1) is 7.80. The lowest BCUT2D eigenvalue weighted by atomic mass is 10.1. The smallest absolute Gasteiger partial charge is 0.206 e. The Kier molecular flexibility index (Phi) is 4.31. The van der Waals surface area contributed by atoms with E-state index >= 15 is 0 Å². The maximum atomic E-state index is 12.2. The third-order valence-electron chi connectivity index (χ3n) is 2.50. The number of aryl methyl sites for hydroxylation is 1. The molecule has 6 heteroatoms. The fourth-order valence-electron chi connectivity index (χ4n) is 1.49. The molecule has 0 spiro atoms. The maximum Gasteiger partial charge on any atom is 0.253 e. The number of hydrogen-bond donors (Lipinski definition) is 0. The van der Waals surface area contributed by atoms with E-state index in [9.17, 15) is 8.42 Å². The van der Waals surface area contributed by atoms with E-state index in [1.807, 2.05) is 26.8 Å². The van der Waals surface area contributed by atoms with Gasteiger partial charge in [0.2, 0.25) is 0 Å². The van der Waals surface area contributed by atoms with Gasteiger partial charge in [0.15, 0.2) is 0 Å². The van der Waals surface area contributed by atoms with Crippen molar-refractivity contribution in [1.29, 1.82) is 5.26 Å². The minimum absolute atomic E-state index is 0.0409. The average Bonchev–Trinajstić information content (AvgIpc) is 2.65. The van der Waals surface area contributed by atoms with Gasteiger partial charge in [-0.15, -0.1) is 11.3 Å². The average molecular weight is 272 g/mol. The second-order valence-electron chi connectivity index (χ2n) is 4.20. The molecule has 4 nitrogen and oxygen atoms in total. The summed E-state index contributed by atoms with van der Waals surface area (Å²) in [6, 6.07) is 4.75. The van der Waals surface area contributed by atoms with Crippen LogP contribution in [0.2, 0.25) is 0 Å². The molecular formula is C11H16N2O2S2. The van der Waals surface area contributed by atoms with Crippen LogP contribution in [0.1, 0.15) is 18.7 Å². The number of rotatable bonds is 4. The summed E-state index contributed by atoms with van der Waals surface area (Å²) in [6.07, 6.45) is 0. The Morgan fingerprint density at radius 1 is 1.41 bits per heavy atom. The van der Waals surface area contributed by atoms with Crippen LogP contribution < -0.4 is 0 Å². The zero-order valence-electron chi connectivity index (χ0n) is 10.3. The fourth-order valence-corrected chi connectivity index (χ4v) is 4.36.